The third-order valence-electron chi connectivity index (χ3n) is 4.57. The van der Waals surface area contributed by atoms with Crippen LogP contribution in [-0.4, -0.2) is 24.2 Å². The van der Waals surface area contributed by atoms with Crippen LogP contribution < -0.4 is 10.8 Å². The van der Waals surface area contributed by atoms with Crippen LogP contribution in [0.5, 0.6) is 0 Å². The Balaban J connectivity index is -0.00000264. The van der Waals surface area contributed by atoms with E-state index >= 15 is 0 Å². The van der Waals surface area contributed by atoms with E-state index in [1.807, 2.05) is 5.48 Å². The fourth-order valence-corrected chi connectivity index (χ4v) is 3.00. The van der Waals surface area contributed by atoms with Crippen molar-refractivity contribution < 1.29 is 12.9 Å². The molecule has 148 valence electrons. The van der Waals surface area contributed by atoms with Crippen LogP contribution in [0.15, 0.2) is 0 Å². The van der Waals surface area contributed by atoms with Crippen molar-refractivity contribution in [3.8, 4) is 0 Å². The summed E-state index contributed by atoms with van der Waals surface area (Å²) in [4.78, 5) is 11.4. The Morgan fingerprint density at radius 1 is 0.708 bits per heavy atom. The summed E-state index contributed by atoms with van der Waals surface area (Å²) in [5, 5.41) is 11.2. The standard InChI is InChI=1S/C20H42N2O2.2H2/c1-2-3-4-5-6-7-8-9-10-11-12-13-14-15-16-17-20(23)21-18-19-22-24;;/h22,24H,2-19H2,1H3,(H,21,23);2*1H. The van der Waals surface area contributed by atoms with E-state index in [-0.39, 0.29) is 8.76 Å². The molecule has 0 aliphatic heterocycles. The van der Waals surface area contributed by atoms with Crippen LogP contribution in [0.4, 0.5) is 0 Å². The number of hydroxylamine groups is 1. The molecule has 0 aliphatic carbocycles. The lowest BCUT2D eigenvalue weighted by Crippen LogP contribution is -2.30. The van der Waals surface area contributed by atoms with E-state index in [2.05, 4.69) is 12.2 Å². The summed E-state index contributed by atoms with van der Waals surface area (Å²) in [7, 11) is 0. The minimum absolute atomic E-state index is 0. The van der Waals surface area contributed by atoms with E-state index in [1.165, 1.54) is 83.5 Å². The number of unbranched alkanes of at least 4 members (excludes halogenated alkanes) is 14. The summed E-state index contributed by atoms with van der Waals surface area (Å²) < 4.78 is 0. The summed E-state index contributed by atoms with van der Waals surface area (Å²) in [6.45, 7) is 3.17. The topological polar surface area (TPSA) is 61.4 Å². The van der Waals surface area contributed by atoms with Crippen LogP contribution in [0, 0.1) is 0 Å². The lowest BCUT2D eigenvalue weighted by atomic mass is 10.0. The molecule has 0 fully saturated rings. The van der Waals surface area contributed by atoms with E-state index in [1.54, 1.807) is 0 Å². The Morgan fingerprint density at radius 2 is 1.12 bits per heavy atom. The highest BCUT2D eigenvalue weighted by atomic mass is 16.5. The highest BCUT2D eigenvalue weighted by Crippen LogP contribution is 2.13. The number of hydrogen-bond donors (Lipinski definition) is 3. The van der Waals surface area contributed by atoms with Gasteiger partial charge in [-0.3, -0.25) is 4.79 Å². The number of hydrogen-bond acceptors (Lipinski definition) is 3. The zero-order valence-electron chi connectivity index (χ0n) is 16.1. The van der Waals surface area contributed by atoms with E-state index in [9.17, 15) is 4.79 Å². The van der Waals surface area contributed by atoms with Gasteiger partial charge in [-0.2, -0.15) is 0 Å². The molecule has 0 atom stereocenters. The van der Waals surface area contributed by atoms with Crippen LogP contribution in [0.25, 0.3) is 0 Å². The normalized spacial score (nSPS) is 10.9. The average Bonchev–Trinajstić information content (AvgIpc) is 2.58. The first-order chi connectivity index (χ1) is 11.8. The Morgan fingerprint density at radius 3 is 1.54 bits per heavy atom. The molecule has 0 aliphatic rings. The van der Waals surface area contributed by atoms with Gasteiger partial charge in [0.15, 0.2) is 0 Å². The molecule has 4 nitrogen and oxygen atoms in total. The van der Waals surface area contributed by atoms with Gasteiger partial charge in [-0.15, -0.1) is 0 Å². The molecular weight excluding hydrogens is 300 g/mol. The molecule has 0 rings (SSSR count). The number of amides is 1. The molecule has 0 aromatic heterocycles. The Bertz CT molecular complexity index is 270. The molecular formula is C20H46N2O2. The predicted octanol–water partition coefficient (Wildman–Crippen LogP) is 5.83. The lowest BCUT2D eigenvalue weighted by Gasteiger charge is -2.05. The maximum Gasteiger partial charge on any atom is 0.220 e. The first-order valence-corrected chi connectivity index (χ1v) is 10.4. The molecule has 0 heterocycles. The van der Waals surface area contributed by atoms with Crippen LogP contribution in [0.2, 0.25) is 0 Å². The van der Waals surface area contributed by atoms with Gasteiger partial charge < -0.3 is 10.5 Å². The van der Waals surface area contributed by atoms with Crippen LogP contribution in [0.1, 0.15) is 113 Å². The second kappa shape index (κ2) is 20.4. The highest BCUT2D eigenvalue weighted by Gasteiger charge is 2.00. The molecule has 0 aromatic carbocycles. The number of carbonyl (C=O) groups excluding carboxylic acids is 1. The van der Waals surface area contributed by atoms with E-state index < -0.39 is 0 Å². The van der Waals surface area contributed by atoms with Gasteiger partial charge in [0.1, 0.15) is 0 Å². The van der Waals surface area contributed by atoms with Gasteiger partial charge in [0.2, 0.25) is 5.91 Å². The van der Waals surface area contributed by atoms with E-state index in [0.717, 1.165) is 12.8 Å². The van der Waals surface area contributed by atoms with Gasteiger partial charge in [-0.05, 0) is 6.42 Å². The first kappa shape index (κ1) is 23.4. The summed E-state index contributed by atoms with van der Waals surface area (Å²) in [5.41, 5.74) is 2.03. The largest absolute Gasteiger partial charge is 0.355 e. The molecule has 0 bridgehead atoms. The fourth-order valence-electron chi connectivity index (χ4n) is 3.00. The molecule has 4 heteroatoms. The van der Waals surface area contributed by atoms with Gasteiger partial charge in [0.05, 0.1) is 0 Å². The maximum absolute atomic E-state index is 11.4. The minimum Gasteiger partial charge on any atom is -0.355 e. The third-order valence-corrected chi connectivity index (χ3v) is 4.57. The van der Waals surface area contributed by atoms with Crippen LogP contribution in [0.3, 0.4) is 0 Å². The molecule has 0 aromatic rings. The molecule has 0 saturated carbocycles. The third kappa shape index (κ3) is 19.4. The van der Waals surface area contributed by atoms with Crippen molar-refractivity contribution in [2.24, 2.45) is 0 Å². The summed E-state index contributed by atoms with van der Waals surface area (Å²) >= 11 is 0. The molecule has 24 heavy (non-hydrogen) atoms. The van der Waals surface area contributed by atoms with Crippen molar-refractivity contribution in [2.75, 3.05) is 13.1 Å². The van der Waals surface area contributed by atoms with Gasteiger partial charge in [-0.25, -0.2) is 5.48 Å². The van der Waals surface area contributed by atoms with Crippen molar-refractivity contribution in [3.63, 3.8) is 0 Å². The molecule has 0 radical (unpaired) electrons. The quantitative estimate of drug-likeness (QED) is 0.203. The number of nitrogens with one attached hydrogen (secondary N) is 2. The zero-order valence-corrected chi connectivity index (χ0v) is 16.1. The van der Waals surface area contributed by atoms with Crippen LogP contribution >= 0.6 is 0 Å². The van der Waals surface area contributed by atoms with E-state index in [0.29, 0.717) is 19.5 Å². The zero-order chi connectivity index (χ0) is 17.7. The van der Waals surface area contributed by atoms with Gasteiger partial charge in [0, 0.05) is 22.4 Å². The molecule has 0 spiro atoms. The highest BCUT2D eigenvalue weighted by molar-refractivity contribution is 5.75. The van der Waals surface area contributed by atoms with Crippen molar-refractivity contribution >= 4 is 5.91 Å². The Labute approximate surface area is 153 Å². The monoisotopic (exact) mass is 346 g/mol. The lowest BCUT2D eigenvalue weighted by molar-refractivity contribution is -0.121. The number of rotatable bonds is 19. The number of carbonyl (C=O) groups is 1. The summed E-state index contributed by atoms with van der Waals surface area (Å²) in [6, 6.07) is 0. The van der Waals surface area contributed by atoms with Gasteiger partial charge in [0.25, 0.3) is 0 Å². The second-order valence-corrected chi connectivity index (χ2v) is 6.96. The van der Waals surface area contributed by atoms with Crippen molar-refractivity contribution in [1.82, 2.24) is 10.8 Å². The second-order valence-electron chi connectivity index (χ2n) is 6.96. The summed E-state index contributed by atoms with van der Waals surface area (Å²) in [5.74, 6) is 0.0972. The van der Waals surface area contributed by atoms with Crippen molar-refractivity contribution in [3.05, 3.63) is 0 Å². The van der Waals surface area contributed by atoms with Crippen LogP contribution in [-0.2, 0) is 4.79 Å². The van der Waals surface area contributed by atoms with Gasteiger partial charge >= 0.3 is 0 Å². The smallest absolute Gasteiger partial charge is 0.220 e. The van der Waals surface area contributed by atoms with E-state index in [4.69, 9.17) is 5.21 Å². The maximum atomic E-state index is 11.4. The Hall–Kier alpha value is -0.610. The van der Waals surface area contributed by atoms with Crippen molar-refractivity contribution in [2.45, 2.75) is 110 Å². The molecule has 3 N–H and O–H groups in total. The SMILES string of the molecule is CCCCCCCCCCCCCCCCCC(=O)NCCNO.[HH].[HH]. The molecule has 0 unspecified atom stereocenters. The molecule has 0 saturated heterocycles. The minimum atomic E-state index is 0. The average molecular weight is 347 g/mol. The molecule has 1 amide bonds. The van der Waals surface area contributed by atoms with Crippen molar-refractivity contribution in [1.29, 1.82) is 0 Å². The summed E-state index contributed by atoms with van der Waals surface area (Å²) in [6.07, 6.45) is 20.8. The van der Waals surface area contributed by atoms with Gasteiger partial charge in [-0.1, -0.05) is 96.8 Å². The first-order valence-electron chi connectivity index (χ1n) is 10.4. The Kier molecular flexibility index (Phi) is 19.9. The fraction of sp³-hybridized carbons (Fsp3) is 0.950. The predicted molar refractivity (Wildman–Crippen MR) is 107 cm³/mol.